The molecule has 0 aliphatic carbocycles. The van der Waals surface area contributed by atoms with Crippen molar-refractivity contribution in [2.45, 2.75) is 33.1 Å². The lowest BCUT2D eigenvalue weighted by Gasteiger charge is -2.29. The van der Waals surface area contributed by atoms with Crippen LogP contribution in [0.4, 0.5) is 4.39 Å². The van der Waals surface area contributed by atoms with Crippen LogP contribution in [0, 0.1) is 18.2 Å². The van der Waals surface area contributed by atoms with Gasteiger partial charge in [0.05, 0.1) is 19.3 Å². The molecule has 0 spiro atoms. The second-order valence-corrected chi connectivity index (χ2v) is 7.68. The number of rotatable bonds is 9. The number of carbonyl (C=O) groups excluding carboxylic acids is 1. The molecule has 0 aromatic carbocycles. The van der Waals surface area contributed by atoms with Crippen molar-refractivity contribution in [2.24, 2.45) is 5.41 Å². The summed E-state index contributed by atoms with van der Waals surface area (Å²) in [7, 11) is 0. The van der Waals surface area contributed by atoms with Crippen molar-refractivity contribution in [1.82, 2.24) is 14.9 Å². The van der Waals surface area contributed by atoms with Crippen LogP contribution in [-0.2, 0) is 11.2 Å². The van der Waals surface area contributed by atoms with Crippen molar-refractivity contribution < 1.29 is 13.9 Å². The van der Waals surface area contributed by atoms with E-state index < -0.39 is 0 Å². The molecular formula is C22H28FN3O2. The van der Waals surface area contributed by atoms with Gasteiger partial charge < -0.3 is 4.74 Å². The maximum atomic E-state index is 13.1. The Morgan fingerprint density at radius 2 is 2.11 bits per heavy atom. The number of likely N-dealkylation sites (tertiary alicyclic amines) is 1. The van der Waals surface area contributed by atoms with E-state index in [4.69, 9.17) is 4.74 Å². The average molecular weight is 385 g/mol. The number of hydrogen-bond acceptors (Lipinski definition) is 5. The summed E-state index contributed by atoms with van der Waals surface area (Å²) in [5.41, 5.74) is 2.45. The molecule has 0 radical (unpaired) electrons. The second kappa shape index (κ2) is 9.34. The number of aryl methyl sites for hydroxylation is 2. The maximum Gasteiger partial charge on any atom is 0.178 e. The van der Waals surface area contributed by atoms with E-state index in [9.17, 15) is 9.18 Å². The highest BCUT2D eigenvalue weighted by atomic mass is 19.1. The number of carbonyl (C=O) groups is 1. The number of aromatic nitrogens is 2. The molecule has 1 aliphatic heterocycles. The predicted molar refractivity (Wildman–Crippen MR) is 106 cm³/mol. The molecule has 0 N–H and O–H groups in total. The smallest absolute Gasteiger partial charge is 0.178 e. The molecular weight excluding hydrogens is 357 g/mol. The van der Waals surface area contributed by atoms with Crippen LogP contribution < -0.4 is 0 Å². The molecule has 1 saturated heterocycles. The van der Waals surface area contributed by atoms with Gasteiger partial charge in [-0.25, -0.2) is 4.39 Å². The van der Waals surface area contributed by atoms with Crippen molar-refractivity contribution in [3.05, 3.63) is 59.4 Å². The quantitative estimate of drug-likeness (QED) is 0.619. The summed E-state index contributed by atoms with van der Waals surface area (Å²) in [6.45, 7) is 7.33. The lowest BCUT2D eigenvalue weighted by atomic mass is 9.82. The number of ketones is 1. The molecule has 2 aromatic heterocycles. The van der Waals surface area contributed by atoms with E-state index in [1.54, 1.807) is 12.3 Å². The van der Waals surface area contributed by atoms with Gasteiger partial charge in [-0.2, -0.15) is 0 Å². The molecule has 0 saturated carbocycles. The highest BCUT2D eigenvalue weighted by Gasteiger charge is 2.38. The zero-order valence-electron chi connectivity index (χ0n) is 16.7. The number of pyridine rings is 2. The van der Waals surface area contributed by atoms with Crippen molar-refractivity contribution in [3.63, 3.8) is 0 Å². The Morgan fingerprint density at radius 1 is 1.25 bits per heavy atom. The van der Waals surface area contributed by atoms with E-state index in [0.717, 1.165) is 43.7 Å². The van der Waals surface area contributed by atoms with Gasteiger partial charge in [-0.3, -0.25) is 19.7 Å². The van der Waals surface area contributed by atoms with Crippen molar-refractivity contribution >= 4 is 5.78 Å². The monoisotopic (exact) mass is 385 g/mol. The zero-order chi connectivity index (χ0) is 20.0. The molecule has 3 heterocycles. The van der Waals surface area contributed by atoms with Gasteiger partial charge in [0.25, 0.3) is 0 Å². The summed E-state index contributed by atoms with van der Waals surface area (Å²) in [6, 6.07) is 6.90. The molecule has 5 nitrogen and oxygen atoms in total. The van der Waals surface area contributed by atoms with Gasteiger partial charge in [0.1, 0.15) is 5.82 Å². The van der Waals surface area contributed by atoms with Gasteiger partial charge in [-0.1, -0.05) is 0 Å². The first kappa shape index (κ1) is 20.6. The number of ether oxygens (including phenoxy) is 1. The normalized spacial score (nSPS) is 19.8. The largest absolute Gasteiger partial charge is 0.381 e. The number of Topliss-reactive ketones (excluding diaryl/α,β-unsaturated/α-hetero) is 1. The highest BCUT2D eigenvalue weighted by Crippen LogP contribution is 2.35. The van der Waals surface area contributed by atoms with Crippen LogP contribution in [0.25, 0.3) is 0 Å². The molecule has 3 rings (SSSR count). The number of nitrogens with zero attached hydrogens (tertiary/aromatic N) is 3. The summed E-state index contributed by atoms with van der Waals surface area (Å²) in [4.78, 5) is 23.2. The Labute approximate surface area is 166 Å². The minimum atomic E-state index is -0.316. The molecule has 0 bridgehead atoms. The summed E-state index contributed by atoms with van der Waals surface area (Å²) >= 11 is 0. The van der Waals surface area contributed by atoms with Crippen LogP contribution in [0.1, 0.15) is 41.5 Å². The number of halogens is 1. The molecule has 6 heteroatoms. The summed E-state index contributed by atoms with van der Waals surface area (Å²) in [5, 5.41) is 0. The fraction of sp³-hybridized carbons (Fsp3) is 0.500. The van der Waals surface area contributed by atoms with Gasteiger partial charge in [0.15, 0.2) is 5.78 Å². The van der Waals surface area contributed by atoms with Crippen molar-refractivity contribution in [3.8, 4) is 0 Å². The van der Waals surface area contributed by atoms with E-state index in [-0.39, 0.29) is 17.0 Å². The lowest BCUT2D eigenvalue weighted by molar-refractivity contribution is 0.0489. The van der Waals surface area contributed by atoms with Crippen LogP contribution in [0.5, 0.6) is 0 Å². The SMILES string of the molecule is CCOC[C@@]1(CCc2ccc(F)cn2)CCN(CC(=O)c2ccc(C)nc2)C1. The average Bonchev–Trinajstić information content (AvgIpc) is 3.09. The fourth-order valence-electron chi connectivity index (χ4n) is 3.75. The first-order valence-electron chi connectivity index (χ1n) is 9.86. The Kier molecular flexibility index (Phi) is 6.86. The summed E-state index contributed by atoms with van der Waals surface area (Å²) < 4.78 is 18.9. The van der Waals surface area contributed by atoms with Crippen LogP contribution in [0.15, 0.2) is 36.7 Å². The van der Waals surface area contributed by atoms with Crippen LogP contribution in [0.2, 0.25) is 0 Å². The Hall–Kier alpha value is -2.18. The molecule has 1 aliphatic rings. The third-order valence-corrected chi connectivity index (χ3v) is 5.43. The molecule has 28 heavy (non-hydrogen) atoms. The maximum absolute atomic E-state index is 13.1. The first-order chi connectivity index (χ1) is 13.5. The van der Waals surface area contributed by atoms with Gasteiger partial charge in [0, 0.05) is 41.7 Å². The summed E-state index contributed by atoms with van der Waals surface area (Å²) in [6.07, 6.45) is 5.58. The van der Waals surface area contributed by atoms with Gasteiger partial charge in [0.2, 0.25) is 0 Å². The van der Waals surface area contributed by atoms with E-state index in [0.29, 0.717) is 25.3 Å². The van der Waals surface area contributed by atoms with Gasteiger partial charge in [-0.05, 0) is 63.9 Å². The predicted octanol–water partition coefficient (Wildman–Crippen LogP) is 3.47. The second-order valence-electron chi connectivity index (χ2n) is 7.68. The minimum absolute atomic E-state index is 0.00210. The van der Waals surface area contributed by atoms with E-state index in [1.807, 2.05) is 26.0 Å². The van der Waals surface area contributed by atoms with E-state index >= 15 is 0 Å². The Balaban J connectivity index is 1.61. The third-order valence-electron chi connectivity index (χ3n) is 5.43. The standard InChI is InChI=1S/C22H28FN3O2/c1-3-28-16-22(9-8-20-7-6-19(23)13-25-20)10-11-26(15-22)14-21(27)18-5-4-17(2)24-12-18/h4-7,12-13H,3,8-11,14-16H2,1-2H3/t22-/m0/s1. The van der Waals surface area contributed by atoms with E-state index in [2.05, 4.69) is 14.9 Å². The zero-order valence-corrected chi connectivity index (χ0v) is 16.7. The highest BCUT2D eigenvalue weighted by molar-refractivity contribution is 5.97. The van der Waals surface area contributed by atoms with E-state index in [1.165, 1.54) is 12.3 Å². The molecule has 1 atom stereocenters. The molecule has 0 amide bonds. The molecule has 150 valence electrons. The number of hydrogen-bond donors (Lipinski definition) is 0. The molecule has 1 fully saturated rings. The Bertz CT molecular complexity index is 779. The van der Waals surface area contributed by atoms with Crippen molar-refractivity contribution in [1.29, 1.82) is 0 Å². The molecule has 0 unspecified atom stereocenters. The van der Waals surface area contributed by atoms with Crippen molar-refractivity contribution in [2.75, 3.05) is 32.8 Å². The lowest BCUT2D eigenvalue weighted by Crippen LogP contribution is -2.34. The topological polar surface area (TPSA) is 55.3 Å². The van der Waals surface area contributed by atoms with Crippen LogP contribution >= 0.6 is 0 Å². The minimum Gasteiger partial charge on any atom is -0.381 e. The Morgan fingerprint density at radius 3 is 2.79 bits per heavy atom. The van der Waals surface area contributed by atoms with Crippen LogP contribution in [0.3, 0.4) is 0 Å². The van der Waals surface area contributed by atoms with Gasteiger partial charge in [-0.15, -0.1) is 0 Å². The van der Waals surface area contributed by atoms with Gasteiger partial charge >= 0.3 is 0 Å². The fourth-order valence-corrected chi connectivity index (χ4v) is 3.75. The van der Waals surface area contributed by atoms with Crippen LogP contribution in [-0.4, -0.2) is 53.5 Å². The molecule has 2 aromatic rings. The summed E-state index contributed by atoms with van der Waals surface area (Å²) in [5.74, 6) is -0.219. The third kappa shape index (κ3) is 5.42. The first-order valence-corrected chi connectivity index (χ1v) is 9.86.